The topological polar surface area (TPSA) is 60.9 Å². The maximum absolute atomic E-state index is 13.9. The number of piperidine rings is 1. The molecule has 1 heterocycles. The molecule has 34 heavy (non-hydrogen) atoms. The van der Waals surface area contributed by atoms with Crippen LogP contribution in [0.2, 0.25) is 0 Å². The molecule has 0 unspecified atom stereocenters. The van der Waals surface area contributed by atoms with Crippen molar-refractivity contribution in [2.24, 2.45) is 0 Å². The van der Waals surface area contributed by atoms with E-state index in [1.165, 1.54) is 5.56 Å². The zero-order chi connectivity index (χ0) is 24.1. The van der Waals surface area contributed by atoms with Crippen LogP contribution < -0.4 is 4.90 Å². The number of aliphatic carboxylic acids is 1. The van der Waals surface area contributed by atoms with Gasteiger partial charge in [0, 0.05) is 25.3 Å². The van der Waals surface area contributed by atoms with Gasteiger partial charge in [-0.3, -0.25) is 4.79 Å². The fraction of sp³-hybridized carbons (Fsp3) is 0.310. The van der Waals surface area contributed by atoms with Crippen molar-refractivity contribution in [1.29, 1.82) is 0 Å². The highest BCUT2D eigenvalue weighted by atomic mass is 16.4. The fourth-order valence-electron chi connectivity index (χ4n) is 4.94. The highest BCUT2D eigenvalue weighted by Crippen LogP contribution is 2.32. The summed E-state index contributed by atoms with van der Waals surface area (Å²) in [6.07, 6.45) is 2.07. The van der Waals surface area contributed by atoms with Gasteiger partial charge in [-0.15, -0.1) is 0 Å². The number of nitrogens with zero attached hydrogens (tertiary/aromatic N) is 2. The second-order valence-corrected chi connectivity index (χ2v) is 8.95. The van der Waals surface area contributed by atoms with Crippen LogP contribution in [-0.4, -0.2) is 47.6 Å². The molecule has 1 aliphatic heterocycles. The van der Waals surface area contributed by atoms with E-state index in [9.17, 15) is 14.7 Å². The Bertz CT molecular complexity index is 1080. The number of amides is 1. The van der Waals surface area contributed by atoms with Crippen LogP contribution in [0.3, 0.4) is 0 Å². The van der Waals surface area contributed by atoms with E-state index in [1.54, 1.807) is 4.90 Å². The number of carboxylic acids is 1. The molecule has 1 aliphatic rings. The molecule has 0 radical (unpaired) electrons. The van der Waals surface area contributed by atoms with Crippen molar-refractivity contribution in [2.45, 2.75) is 44.2 Å². The van der Waals surface area contributed by atoms with Crippen molar-refractivity contribution < 1.29 is 14.7 Å². The number of aryl methyl sites for hydroxylation is 1. The molecule has 0 saturated carbocycles. The first-order valence-electron chi connectivity index (χ1n) is 11.9. The SMILES string of the molecule is CCc1cccc(N(C)[C@H]2CCN(C(=O)C(c3ccccc3)c3ccccc3)[C@H](C(=O)O)C2)c1. The lowest BCUT2D eigenvalue weighted by Crippen LogP contribution is -2.55. The molecule has 1 fully saturated rings. The van der Waals surface area contributed by atoms with E-state index < -0.39 is 17.9 Å². The quantitative estimate of drug-likeness (QED) is 0.546. The zero-order valence-corrected chi connectivity index (χ0v) is 19.8. The average molecular weight is 457 g/mol. The Kier molecular flexibility index (Phi) is 7.31. The lowest BCUT2D eigenvalue weighted by atomic mass is 9.87. The summed E-state index contributed by atoms with van der Waals surface area (Å²) in [4.78, 5) is 30.0. The minimum Gasteiger partial charge on any atom is -0.480 e. The van der Waals surface area contributed by atoms with E-state index in [0.29, 0.717) is 13.0 Å². The van der Waals surface area contributed by atoms with E-state index in [-0.39, 0.29) is 11.9 Å². The predicted octanol–water partition coefficient (Wildman–Crippen LogP) is 4.96. The van der Waals surface area contributed by atoms with Gasteiger partial charge in [-0.25, -0.2) is 4.79 Å². The fourth-order valence-corrected chi connectivity index (χ4v) is 4.94. The first-order valence-corrected chi connectivity index (χ1v) is 11.9. The Morgan fingerprint density at radius 1 is 0.971 bits per heavy atom. The van der Waals surface area contributed by atoms with Gasteiger partial charge >= 0.3 is 5.97 Å². The van der Waals surface area contributed by atoms with Gasteiger partial charge in [-0.1, -0.05) is 79.7 Å². The van der Waals surface area contributed by atoms with Crippen LogP contribution in [0.15, 0.2) is 84.9 Å². The number of carboxylic acid groups (broad SMARTS) is 1. The van der Waals surface area contributed by atoms with Crippen molar-refractivity contribution in [3.63, 3.8) is 0 Å². The third kappa shape index (κ3) is 4.98. The standard InChI is InChI=1S/C29H32N2O3/c1-3-21-11-10-16-24(19-21)30(2)25-17-18-31(26(20-25)29(33)34)28(32)27(22-12-6-4-7-13-22)23-14-8-5-9-15-23/h4-16,19,25-27H,3,17-18,20H2,1-2H3,(H,33,34)/t25-,26-/m0/s1. The molecule has 176 valence electrons. The van der Waals surface area contributed by atoms with Crippen LogP contribution in [0.5, 0.6) is 0 Å². The molecule has 0 aromatic heterocycles. The molecule has 0 spiro atoms. The molecular formula is C29H32N2O3. The van der Waals surface area contributed by atoms with Crippen LogP contribution in [0.4, 0.5) is 5.69 Å². The Hall–Kier alpha value is -3.60. The largest absolute Gasteiger partial charge is 0.480 e. The number of rotatable bonds is 7. The molecular weight excluding hydrogens is 424 g/mol. The van der Waals surface area contributed by atoms with Crippen molar-refractivity contribution in [3.8, 4) is 0 Å². The van der Waals surface area contributed by atoms with Crippen molar-refractivity contribution in [1.82, 2.24) is 4.90 Å². The minimum absolute atomic E-state index is 0.0455. The average Bonchev–Trinajstić information content (AvgIpc) is 2.89. The second-order valence-electron chi connectivity index (χ2n) is 8.95. The van der Waals surface area contributed by atoms with Crippen LogP contribution in [0, 0.1) is 0 Å². The lowest BCUT2D eigenvalue weighted by molar-refractivity contribution is -0.152. The van der Waals surface area contributed by atoms with Gasteiger partial charge in [0.15, 0.2) is 0 Å². The zero-order valence-electron chi connectivity index (χ0n) is 19.8. The van der Waals surface area contributed by atoms with E-state index in [4.69, 9.17) is 0 Å². The molecule has 5 nitrogen and oxygen atoms in total. The Morgan fingerprint density at radius 2 is 1.59 bits per heavy atom. The summed E-state index contributed by atoms with van der Waals surface area (Å²) in [5.74, 6) is -1.63. The third-order valence-electron chi connectivity index (χ3n) is 6.93. The number of carbonyl (C=O) groups excluding carboxylic acids is 1. The number of carbonyl (C=O) groups is 2. The second kappa shape index (κ2) is 10.6. The monoisotopic (exact) mass is 456 g/mol. The molecule has 3 aromatic carbocycles. The summed E-state index contributed by atoms with van der Waals surface area (Å²) in [5.41, 5.74) is 4.08. The highest BCUT2D eigenvalue weighted by molar-refractivity contribution is 5.91. The predicted molar refractivity (Wildman–Crippen MR) is 135 cm³/mol. The first kappa shape index (κ1) is 23.6. The summed E-state index contributed by atoms with van der Waals surface area (Å²) in [5, 5.41) is 10.1. The molecule has 2 atom stereocenters. The van der Waals surface area contributed by atoms with E-state index >= 15 is 0 Å². The van der Waals surface area contributed by atoms with Crippen LogP contribution in [0.25, 0.3) is 0 Å². The van der Waals surface area contributed by atoms with E-state index in [1.807, 2.05) is 73.8 Å². The molecule has 1 N–H and O–H groups in total. The van der Waals surface area contributed by atoms with E-state index in [0.717, 1.165) is 29.7 Å². The molecule has 3 aromatic rings. The van der Waals surface area contributed by atoms with Gasteiger partial charge in [0.1, 0.15) is 6.04 Å². The van der Waals surface area contributed by atoms with E-state index in [2.05, 4.69) is 30.0 Å². The lowest BCUT2D eigenvalue weighted by Gasteiger charge is -2.42. The van der Waals surface area contributed by atoms with Gasteiger partial charge in [0.25, 0.3) is 0 Å². The number of benzene rings is 3. The molecule has 4 rings (SSSR count). The van der Waals surface area contributed by atoms with Gasteiger partial charge in [-0.2, -0.15) is 0 Å². The summed E-state index contributed by atoms with van der Waals surface area (Å²) in [6, 6.07) is 26.8. The van der Waals surface area contributed by atoms with Crippen LogP contribution in [-0.2, 0) is 16.0 Å². The molecule has 1 amide bonds. The van der Waals surface area contributed by atoms with Crippen molar-refractivity contribution in [2.75, 3.05) is 18.5 Å². The molecule has 5 heteroatoms. The highest BCUT2D eigenvalue weighted by Gasteiger charge is 2.40. The van der Waals surface area contributed by atoms with Gasteiger partial charge < -0.3 is 14.9 Å². The Balaban J connectivity index is 1.60. The summed E-state index contributed by atoms with van der Waals surface area (Å²) in [7, 11) is 2.02. The number of likely N-dealkylation sites (tertiary alicyclic amines) is 1. The molecule has 0 aliphatic carbocycles. The van der Waals surface area contributed by atoms with Gasteiger partial charge in [-0.05, 0) is 48.1 Å². The summed E-state index contributed by atoms with van der Waals surface area (Å²) >= 11 is 0. The maximum Gasteiger partial charge on any atom is 0.326 e. The van der Waals surface area contributed by atoms with Gasteiger partial charge in [0.05, 0.1) is 5.92 Å². The normalized spacial score (nSPS) is 18.0. The van der Waals surface area contributed by atoms with Crippen LogP contribution in [0.1, 0.15) is 42.4 Å². The number of hydrogen-bond acceptors (Lipinski definition) is 3. The van der Waals surface area contributed by atoms with Gasteiger partial charge in [0.2, 0.25) is 5.91 Å². The van der Waals surface area contributed by atoms with Crippen LogP contribution >= 0.6 is 0 Å². The Labute approximate surface area is 201 Å². The van der Waals surface area contributed by atoms with Crippen molar-refractivity contribution >= 4 is 17.6 Å². The van der Waals surface area contributed by atoms with Crippen molar-refractivity contribution in [3.05, 3.63) is 102 Å². The Morgan fingerprint density at radius 3 is 2.15 bits per heavy atom. The summed E-state index contributed by atoms with van der Waals surface area (Å²) < 4.78 is 0. The summed E-state index contributed by atoms with van der Waals surface area (Å²) in [6.45, 7) is 2.54. The first-order chi connectivity index (χ1) is 16.5. The smallest absolute Gasteiger partial charge is 0.326 e. The molecule has 0 bridgehead atoms. The molecule has 1 saturated heterocycles. The third-order valence-corrected chi connectivity index (χ3v) is 6.93. The number of anilines is 1. The minimum atomic E-state index is -0.950. The maximum atomic E-state index is 13.9. The number of hydrogen-bond donors (Lipinski definition) is 1.